The summed E-state index contributed by atoms with van der Waals surface area (Å²) in [5.74, 6) is -0.382. The van der Waals surface area contributed by atoms with E-state index in [2.05, 4.69) is 6.58 Å². The summed E-state index contributed by atoms with van der Waals surface area (Å²) in [6.45, 7) is 4.60. The third-order valence-corrected chi connectivity index (χ3v) is 3.15. The van der Waals surface area contributed by atoms with Crippen molar-refractivity contribution in [3.05, 3.63) is 36.9 Å². The van der Waals surface area contributed by atoms with Gasteiger partial charge in [-0.2, -0.15) is 0 Å². The zero-order valence-electron chi connectivity index (χ0n) is 12.0. The third-order valence-electron chi connectivity index (χ3n) is 2.41. The second kappa shape index (κ2) is 9.07. The van der Waals surface area contributed by atoms with Gasteiger partial charge in [-0.15, -0.1) is 11.8 Å². The molecule has 1 aromatic carbocycles. The molecular formula is C15H18O5S. The molecule has 0 aliphatic heterocycles. The van der Waals surface area contributed by atoms with E-state index >= 15 is 0 Å². The van der Waals surface area contributed by atoms with E-state index in [0.717, 1.165) is 11.0 Å². The lowest BCUT2D eigenvalue weighted by atomic mass is 10.3. The molecule has 0 aliphatic carbocycles. The molecule has 1 rings (SSSR count). The van der Waals surface area contributed by atoms with Crippen molar-refractivity contribution in [3.63, 3.8) is 0 Å². The fourth-order valence-corrected chi connectivity index (χ4v) is 1.85. The molecule has 0 saturated heterocycles. The molecule has 0 spiro atoms. The summed E-state index contributed by atoms with van der Waals surface area (Å²) in [5, 5.41) is 0. The van der Waals surface area contributed by atoms with Crippen LogP contribution in [0.5, 0.6) is 5.75 Å². The van der Waals surface area contributed by atoms with Gasteiger partial charge in [0.2, 0.25) is 0 Å². The van der Waals surface area contributed by atoms with Crippen LogP contribution in [-0.4, -0.2) is 37.5 Å². The van der Waals surface area contributed by atoms with Gasteiger partial charge in [-0.25, -0.2) is 4.79 Å². The van der Waals surface area contributed by atoms with Gasteiger partial charge >= 0.3 is 11.9 Å². The predicted octanol–water partition coefficient (Wildman–Crippen LogP) is 2.45. The Morgan fingerprint density at radius 3 is 2.48 bits per heavy atom. The van der Waals surface area contributed by atoms with Crippen molar-refractivity contribution in [1.82, 2.24) is 0 Å². The smallest absolute Gasteiger partial charge is 0.330 e. The van der Waals surface area contributed by atoms with E-state index < -0.39 is 18.0 Å². The van der Waals surface area contributed by atoms with Crippen LogP contribution in [0.2, 0.25) is 0 Å². The van der Waals surface area contributed by atoms with Gasteiger partial charge in [0.25, 0.3) is 0 Å². The van der Waals surface area contributed by atoms with E-state index in [1.54, 1.807) is 11.8 Å². The van der Waals surface area contributed by atoms with Crippen molar-refractivity contribution < 1.29 is 23.8 Å². The minimum absolute atomic E-state index is 0.0761. The molecule has 0 N–H and O–H groups in total. The number of thioether (sulfide) groups is 1. The number of carbonyl (C=O) groups is 2. The highest BCUT2D eigenvalue weighted by molar-refractivity contribution is 7.98. The van der Waals surface area contributed by atoms with Crippen molar-refractivity contribution in [3.8, 4) is 5.75 Å². The molecule has 21 heavy (non-hydrogen) atoms. The number of ether oxygens (including phenoxy) is 3. The van der Waals surface area contributed by atoms with Crippen molar-refractivity contribution in [1.29, 1.82) is 0 Å². The van der Waals surface area contributed by atoms with Crippen LogP contribution in [-0.2, 0) is 19.1 Å². The SMILES string of the molecule is C=CC(=O)OCC(COc1ccc(SC)cc1)OC(C)=O. The lowest BCUT2D eigenvalue weighted by Crippen LogP contribution is -2.30. The van der Waals surface area contributed by atoms with Gasteiger partial charge in [-0.3, -0.25) is 4.79 Å². The van der Waals surface area contributed by atoms with E-state index in [4.69, 9.17) is 14.2 Å². The molecule has 114 valence electrons. The number of hydrogen-bond acceptors (Lipinski definition) is 6. The summed E-state index contributed by atoms with van der Waals surface area (Å²) in [7, 11) is 0. The highest BCUT2D eigenvalue weighted by atomic mass is 32.2. The van der Waals surface area contributed by atoms with E-state index in [0.29, 0.717) is 5.75 Å². The van der Waals surface area contributed by atoms with Crippen molar-refractivity contribution in [2.24, 2.45) is 0 Å². The van der Waals surface area contributed by atoms with Gasteiger partial charge in [0.1, 0.15) is 19.0 Å². The van der Waals surface area contributed by atoms with Crippen LogP contribution in [0.15, 0.2) is 41.8 Å². The molecule has 1 aromatic rings. The van der Waals surface area contributed by atoms with Crippen molar-refractivity contribution in [2.45, 2.75) is 17.9 Å². The number of rotatable bonds is 8. The lowest BCUT2D eigenvalue weighted by molar-refractivity contribution is -0.156. The maximum atomic E-state index is 11.0. The summed E-state index contributed by atoms with van der Waals surface area (Å²) in [6.07, 6.45) is 2.37. The maximum absolute atomic E-state index is 11.0. The molecule has 0 amide bonds. The predicted molar refractivity (Wildman–Crippen MR) is 80.4 cm³/mol. The Bertz CT molecular complexity index is 483. The molecule has 0 aliphatic rings. The molecule has 6 heteroatoms. The van der Waals surface area contributed by atoms with Crippen molar-refractivity contribution >= 4 is 23.7 Å². The highest BCUT2D eigenvalue weighted by Gasteiger charge is 2.15. The zero-order valence-corrected chi connectivity index (χ0v) is 12.9. The van der Waals surface area contributed by atoms with Gasteiger partial charge in [0, 0.05) is 17.9 Å². The van der Waals surface area contributed by atoms with E-state index in [1.807, 2.05) is 30.5 Å². The summed E-state index contributed by atoms with van der Waals surface area (Å²) >= 11 is 1.63. The van der Waals surface area contributed by atoms with Crippen LogP contribution in [0.25, 0.3) is 0 Å². The molecule has 1 unspecified atom stereocenters. The Morgan fingerprint density at radius 1 is 1.29 bits per heavy atom. The molecule has 1 atom stereocenters. The van der Waals surface area contributed by atoms with Crippen LogP contribution >= 0.6 is 11.8 Å². The topological polar surface area (TPSA) is 61.8 Å². The normalized spacial score (nSPS) is 11.3. The molecule has 0 aromatic heterocycles. The molecular weight excluding hydrogens is 292 g/mol. The standard InChI is InChI=1S/C15H18O5S/c1-4-15(17)19-10-13(20-11(2)16)9-18-12-5-7-14(21-3)8-6-12/h4-8,13H,1,9-10H2,2-3H3. The number of benzene rings is 1. The van der Waals surface area contributed by atoms with Crippen LogP contribution in [0.1, 0.15) is 6.92 Å². The Labute approximate surface area is 128 Å². The van der Waals surface area contributed by atoms with Crippen LogP contribution in [0, 0.1) is 0 Å². The van der Waals surface area contributed by atoms with Crippen LogP contribution in [0.3, 0.4) is 0 Å². The molecule has 0 heterocycles. The highest BCUT2D eigenvalue weighted by Crippen LogP contribution is 2.19. The molecule has 0 bridgehead atoms. The first kappa shape index (κ1) is 17.1. The van der Waals surface area contributed by atoms with Gasteiger partial charge in [0.15, 0.2) is 6.10 Å². The maximum Gasteiger partial charge on any atom is 0.330 e. The molecule has 5 nitrogen and oxygen atoms in total. The molecule has 0 radical (unpaired) electrons. The van der Waals surface area contributed by atoms with Crippen LogP contribution in [0.4, 0.5) is 0 Å². The minimum atomic E-state index is -0.661. The fourth-order valence-electron chi connectivity index (χ4n) is 1.45. The molecule has 0 saturated carbocycles. The largest absolute Gasteiger partial charge is 0.490 e. The first-order valence-electron chi connectivity index (χ1n) is 6.28. The van der Waals surface area contributed by atoms with E-state index in [-0.39, 0.29) is 13.2 Å². The monoisotopic (exact) mass is 310 g/mol. The minimum Gasteiger partial charge on any atom is -0.490 e. The zero-order chi connectivity index (χ0) is 15.7. The van der Waals surface area contributed by atoms with Crippen molar-refractivity contribution in [2.75, 3.05) is 19.5 Å². The van der Waals surface area contributed by atoms with Gasteiger partial charge in [-0.05, 0) is 30.5 Å². The van der Waals surface area contributed by atoms with E-state index in [1.165, 1.54) is 6.92 Å². The summed E-state index contributed by atoms with van der Waals surface area (Å²) < 4.78 is 15.4. The van der Waals surface area contributed by atoms with Crippen LogP contribution < -0.4 is 4.74 Å². The lowest BCUT2D eigenvalue weighted by Gasteiger charge is -2.17. The van der Waals surface area contributed by atoms with Gasteiger partial charge in [-0.1, -0.05) is 6.58 Å². The summed E-state index contributed by atoms with van der Waals surface area (Å²) in [5.41, 5.74) is 0. The Hall–Kier alpha value is -1.95. The average Bonchev–Trinajstić information content (AvgIpc) is 2.49. The van der Waals surface area contributed by atoms with E-state index in [9.17, 15) is 9.59 Å². The summed E-state index contributed by atoms with van der Waals surface area (Å²) in [4.78, 5) is 23.2. The Balaban J connectivity index is 2.52. The van der Waals surface area contributed by atoms with Gasteiger partial charge < -0.3 is 14.2 Å². The fraction of sp³-hybridized carbons (Fsp3) is 0.333. The second-order valence-corrected chi connectivity index (χ2v) is 4.93. The Kier molecular flexibility index (Phi) is 7.39. The number of hydrogen-bond donors (Lipinski definition) is 0. The molecule has 0 fully saturated rings. The quantitative estimate of drug-likeness (QED) is 0.417. The first-order chi connectivity index (χ1) is 10.0. The number of carbonyl (C=O) groups excluding carboxylic acids is 2. The average molecular weight is 310 g/mol. The third kappa shape index (κ3) is 6.85. The first-order valence-corrected chi connectivity index (χ1v) is 7.51. The number of esters is 2. The van der Waals surface area contributed by atoms with Gasteiger partial charge in [0.05, 0.1) is 0 Å². The second-order valence-electron chi connectivity index (χ2n) is 4.05. The summed E-state index contributed by atoms with van der Waals surface area (Å²) in [6, 6.07) is 7.51. The Morgan fingerprint density at radius 2 is 1.95 bits per heavy atom.